The van der Waals surface area contributed by atoms with Gasteiger partial charge in [-0.25, -0.2) is 0 Å². The van der Waals surface area contributed by atoms with Crippen LogP contribution >= 0.6 is 0 Å². The summed E-state index contributed by atoms with van der Waals surface area (Å²) in [6, 6.07) is -0.203. The summed E-state index contributed by atoms with van der Waals surface area (Å²) >= 11 is 0. The van der Waals surface area contributed by atoms with Gasteiger partial charge in [0, 0.05) is 13.7 Å². The first-order valence-electron chi connectivity index (χ1n) is 6.12. The molecule has 1 aliphatic rings. The van der Waals surface area contributed by atoms with Gasteiger partial charge in [0.25, 0.3) is 0 Å². The lowest BCUT2D eigenvalue weighted by Gasteiger charge is -2.30. The van der Waals surface area contributed by atoms with Crippen molar-refractivity contribution in [1.82, 2.24) is 4.90 Å². The van der Waals surface area contributed by atoms with Gasteiger partial charge in [-0.2, -0.15) is 0 Å². The number of carbonyl (C=O) groups is 1. The van der Waals surface area contributed by atoms with E-state index in [0.717, 1.165) is 19.4 Å². The van der Waals surface area contributed by atoms with E-state index in [0.29, 0.717) is 0 Å². The average molecular weight is 228 g/mol. The first-order chi connectivity index (χ1) is 7.49. The fourth-order valence-corrected chi connectivity index (χ4v) is 2.12. The summed E-state index contributed by atoms with van der Waals surface area (Å²) in [5.41, 5.74) is 5.95. The van der Waals surface area contributed by atoms with Gasteiger partial charge in [0.15, 0.2) is 0 Å². The molecule has 4 unspecified atom stereocenters. The van der Waals surface area contributed by atoms with Crippen LogP contribution in [0.15, 0.2) is 0 Å². The van der Waals surface area contributed by atoms with Gasteiger partial charge >= 0.3 is 0 Å². The maximum atomic E-state index is 12.1. The first kappa shape index (κ1) is 13.5. The lowest BCUT2D eigenvalue weighted by Crippen LogP contribution is -2.50. The highest BCUT2D eigenvalue weighted by molar-refractivity contribution is 5.82. The smallest absolute Gasteiger partial charge is 0.239 e. The summed E-state index contributed by atoms with van der Waals surface area (Å²) in [5, 5.41) is 0. The van der Waals surface area contributed by atoms with Gasteiger partial charge in [0.1, 0.15) is 0 Å². The molecule has 2 N–H and O–H groups in total. The molecule has 94 valence electrons. The summed E-state index contributed by atoms with van der Waals surface area (Å²) in [6.07, 6.45) is 1.96. The van der Waals surface area contributed by atoms with Crippen molar-refractivity contribution >= 4 is 5.91 Å². The van der Waals surface area contributed by atoms with Gasteiger partial charge in [0.2, 0.25) is 5.91 Å². The number of hydrogen-bond acceptors (Lipinski definition) is 3. The molecule has 0 aromatic rings. The largest absolute Gasteiger partial charge is 0.376 e. The maximum Gasteiger partial charge on any atom is 0.239 e. The molecule has 1 fully saturated rings. The van der Waals surface area contributed by atoms with E-state index >= 15 is 0 Å². The molecule has 0 aromatic heterocycles. The summed E-state index contributed by atoms with van der Waals surface area (Å²) in [5.74, 6) is 0.268. The molecule has 0 saturated carbocycles. The Kier molecular flexibility index (Phi) is 4.74. The topological polar surface area (TPSA) is 55.6 Å². The third-order valence-electron chi connectivity index (χ3n) is 3.72. The van der Waals surface area contributed by atoms with E-state index in [4.69, 9.17) is 10.5 Å². The van der Waals surface area contributed by atoms with E-state index in [1.54, 1.807) is 4.90 Å². The Morgan fingerprint density at radius 1 is 1.62 bits per heavy atom. The first-order valence-corrected chi connectivity index (χ1v) is 6.12. The molecule has 0 bridgehead atoms. The van der Waals surface area contributed by atoms with E-state index < -0.39 is 0 Å². The second kappa shape index (κ2) is 5.64. The Bertz CT molecular complexity index is 245. The van der Waals surface area contributed by atoms with Crippen LogP contribution in [-0.2, 0) is 9.53 Å². The molecule has 4 nitrogen and oxygen atoms in total. The Balaban J connectivity index is 2.59. The lowest BCUT2D eigenvalue weighted by atomic mass is 9.98. The van der Waals surface area contributed by atoms with Gasteiger partial charge in [-0.15, -0.1) is 0 Å². The van der Waals surface area contributed by atoms with Crippen molar-refractivity contribution in [2.45, 2.75) is 51.8 Å². The molecule has 16 heavy (non-hydrogen) atoms. The third kappa shape index (κ3) is 2.74. The summed E-state index contributed by atoms with van der Waals surface area (Å²) < 4.78 is 5.47. The quantitative estimate of drug-likeness (QED) is 0.781. The van der Waals surface area contributed by atoms with Gasteiger partial charge in [0.05, 0.1) is 18.2 Å². The zero-order valence-corrected chi connectivity index (χ0v) is 10.8. The minimum absolute atomic E-state index is 0.0386. The standard InChI is InChI=1S/C12H24N2O2/c1-5-8(2)11(13)12(15)14(4)10-6-7-16-9(10)3/h8-11H,5-7,13H2,1-4H3. The summed E-state index contributed by atoms with van der Waals surface area (Å²) in [6.45, 7) is 6.82. The van der Waals surface area contributed by atoms with Crippen molar-refractivity contribution in [3.8, 4) is 0 Å². The molecule has 1 amide bonds. The van der Waals surface area contributed by atoms with Crippen LogP contribution in [0.1, 0.15) is 33.6 Å². The molecule has 1 aliphatic heterocycles. The minimum atomic E-state index is -0.386. The van der Waals surface area contributed by atoms with E-state index in [-0.39, 0.29) is 30.0 Å². The number of nitrogens with two attached hydrogens (primary N) is 1. The van der Waals surface area contributed by atoms with Crippen LogP contribution < -0.4 is 5.73 Å². The monoisotopic (exact) mass is 228 g/mol. The molecule has 0 aromatic carbocycles. The van der Waals surface area contributed by atoms with Gasteiger partial charge < -0.3 is 15.4 Å². The Morgan fingerprint density at radius 3 is 2.69 bits per heavy atom. The SMILES string of the molecule is CCC(C)C(N)C(=O)N(C)C1CCOC1C. The van der Waals surface area contributed by atoms with Crippen LogP contribution in [0.4, 0.5) is 0 Å². The number of ether oxygens (including phenoxy) is 1. The highest BCUT2D eigenvalue weighted by atomic mass is 16.5. The fraction of sp³-hybridized carbons (Fsp3) is 0.917. The second-order valence-electron chi connectivity index (χ2n) is 4.79. The molecule has 0 spiro atoms. The zero-order chi connectivity index (χ0) is 12.3. The molecule has 4 heteroatoms. The second-order valence-corrected chi connectivity index (χ2v) is 4.79. The number of carbonyl (C=O) groups excluding carboxylic acids is 1. The summed E-state index contributed by atoms with van der Waals surface area (Å²) in [7, 11) is 1.83. The minimum Gasteiger partial charge on any atom is -0.376 e. The highest BCUT2D eigenvalue weighted by Gasteiger charge is 2.33. The van der Waals surface area contributed by atoms with Crippen LogP contribution in [0.5, 0.6) is 0 Å². The van der Waals surface area contributed by atoms with Crippen molar-refractivity contribution in [1.29, 1.82) is 0 Å². The highest BCUT2D eigenvalue weighted by Crippen LogP contribution is 2.20. The van der Waals surface area contributed by atoms with Crippen molar-refractivity contribution in [3.05, 3.63) is 0 Å². The van der Waals surface area contributed by atoms with Crippen molar-refractivity contribution in [2.75, 3.05) is 13.7 Å². The lowest BCUT2D eigenvalue weighted by molar-refractivity contribution is -0.135. The molecular weight excluding hydrogens is 204 g/mol. The average Bonchev–Trinajstić information content (AvgIpc) is 2.71. The predicted molar refractivity (Wildman–Crippen MR) is 64.0 cm³/mol. The normalized spacial score (nSPS) is 28.8. The number of nitrogens with zero attached hydrogens (tertiary/aromatic N) is 1. The van der Waals surface area contributed by atoms with E-state index in [1.165, 1.54) is 0 Å². The Hall–Kier alpha value is -0.610. The Morgan fingerprint density at radius 2 is 2.25 bits per heavy atom. The molecule has 4 atom stereocenters. The van der Waals surface area contributed by atoms with Gasteiger partial charge in [-0.3, -0.25) is 4.79 Å². The molecule has 1 saturated heterocycles. The zero-order valence-electron chi connectivity index (χ0n) is 10.8. The maximum absolute atomic E-state index is 12.1. The van der Waals surface area contributed by atoms with E-state index in [2.05, 4.69) is 6.92 Å². The number of amides is 1. The molecule has 1 heterocycles. The fourth-order valence-electron chi connectivity index (χ4n) is 2.12. The van der Waals surface area contributed by atoms with Crippen LogP contribution in [0, 0.1) is 5.92 Å². The van der Waals surface area contributed by atoms with Crippen LogP contribution in [0.25, 0.3) is 0 Å². The van der Waals surface area contributed by atoms with Gasteiger partial charge in [-0.1, -0.05) is 20.3 Å². The predicted octanol–water partition coefficient (Wildman–Crippen LogP) is 0.996. The van der Waals surface area contributed by atoms with Crippen LogP contribution in [0.3, 0.4) is 0 Å². The third-order valence-corrected chi connectivity index (χ3v) is 3.72. The van der Waals surface area contributed by atoms with E-state index in [9.17, 15) is 4.79 Å². The molecule has 0 aliphatic carbocycles. The Labute approximate surface area is 98.1 Å². The van der Waals surface area contributed by atoms with Gasteiger partial charge in [-0.05, 0) is 19.3 Å². The molecular formula is C12H24N2O2. The number of rotatable bonds is 4. The summed E-state index contributed by atoms with van der Waals surface area (Å²) in [4.78, 5) is 13.9. The van der Waals surface area contributed by atoms with Crippen molar-refractivity contribution in [2.24, 2.45) is 11.7 Å². The molecule has 0 radical (unpaired) electrons. The van der Waals surface area contributed by atoms with Crippen LogP contribution in [-0.4, -0.2) is 42.6 Å². The number of likely N-dealkylation sites (N-methyl/N-ethyl adjacent to an activating group) is 1. The van der Waals surface area contributed by atoms with Crippen molar-refractivity contribution < 1.29 is 9.53 Å². The van der Waals surface area contributed by atoms with Crippen LogP contribution in [0.2, 0.25) is 0 Å². The number of hydrogen-bond donors (Lipinski definition) is 1. The van der Waals surface area contributed by atoms with Crippen molar-refractivity contribution in [3.63, 3.8) is 0 Å². The molecule has 1 rings (SSSR count). The van der Waals surface area contributed by atoms with E-state index in [1.807, 2.05) is 20.9 Å².